The van der Waals surface area contributed by atoms with Gasteiger partial charge < -0.3 is 4.90 Å². The summed E-state index contributed by atoms with van der Waals surface area (Å²) in [6.45, 7) is 13.1. The minimum absolute atomic E-state index is 0.00240. The van der Waals surface area contributed by atoms with Crippen molar-refractivity contribution in [2.24, 2.45) is 0 Å². The van der Waals surface area contributed by atoms with Gasteiger partial charge in [0, 0.05) is 40.0 Å². The van der Waals surface area contributed by atoms with Crippen molar-refractivity contribution in [2.75, 3.05) is 4.90 Å². The van der Waals surface area contributed by atoms with Crippen molar-refractivity contribution in [3.63, 3.8) is 0 Å². The number of anilines is 3. The van der Waals surface area contributed by atoms with Crippen LogP contribution in [0.15, 0.2) is 79.1 Å². The molecule has 2 aromatic heterocycles. The topological polar surface area (TPSA) is 29.0 Å². The molecule has 5 aromatic rings. The summed E-state index contributed by atoms with van der Waals surface area (Å²) in [5.74, 6) is 0. The molecule has 3 aromatic carbocycles. The molecule has 0 radical (unpaired) electrons. The summed E-state index contributed by atoms with van der Waals surface area (Å²) in [7, 11) is 0. The van der Waals surface area contributed by atoms with Crippen LogP contribution in [0.4, 0.5) is 17.1 Å². The number of aromatic nitrogens is 2. The van der Waals surface area contributed by atoms with Gasteiger partial charge in [0.05, 0.1) is 16.9 Å². The van der Waals surface area contributed by atoms with Crippen molar-refractivity contribution in [3.05, 3.63) is 102 Å². The summed E-state index contributed by atoms with van der Waals surface area (Å²) in [5, 5.41) is 3.37. The molecule has 0 saturated carbocycles. The van der Waals surface area contributed by atoms with E-state index in [-0.39, 0.29) is 5.41 Å². The first-order valence-corrected chi connectivity index (χ1v) is 11.9. The van der Waals surface area contributed by atoms with Crippen LogP contribution in [-0.4, -0.2) is 9.97 Å². The summed E-state index contributed by atoms with van der Waals surface area (Å²) < 4.78 is 0. The van der Waals surface area contributed by atoms with Crippen LogP contribution in [0.3, 0.4) is 0 Å². The van der Waals surface area contributed by atoms with Crippen molar-refractivity contribution in [2.45, 2.75) is 47.0 Å². The van der Waals surface area contributed by atoms with E-state index in [9.17, 15) is 0 Å². The van der Waals surface area contributed by atoms with Gasteiger partial charge in [-0.2, -0.15) is 0 Å². The summed E-state index contributed by atoms with van der Waals surface area (Å²) in [5.41, 5.74) is 9.30. The number of aryl methyl sites for hydroxylation is 3. The lowest BCUT2D eigenvalue weighted by molar-refractivity contribution is 0.570. The lowest BCUT2D eigenvalue weighted by Gasteiger charge is -2.31. The molecular weight excluding hydrogens is 414 g/mol. The molecule has 3 nitrogen and oxygen atoms in total. The van der Waals surface area contributed by atoms with Crippen LogP contribution >= 0.6 is 0 Å². The van der Waals surface area contributed by atoms with Crippen LogP contribution < -0.4 is 4.90 Å². The van der Waals surface area contributed by atoms with Gasteiger partial charge in [-0.3, -0.25) is 9.97 Å². The van der Waals surface area contributed by atoms with Crippen molar-refractivity contribution < 1.29 is 0 Å². The fourth-order valence-corrected chi connectivity index (χ4v) is 4.77. The maximum absolute atomic E-state index is 4.83. The predicted octanol–water partition coefficient (Wildman–Crippen LogP) is 8.48. The molecule has 2 heterocycles. The fraction of sp³-hybridized carbons (Fsp3) is 0.226. The van der Waals surface area contributed by atoms with E-state index >= 15 is 0 Å². The van der Waals surface area contributed by atoms with Crippen molar-refractivity contribution in [1.29, 1.82) is 0 Å². The zero-order valence-electron chi connectivity index (χ0n) is 20.8. The highest BCUT2D eigenvalue weighted by Gasteiger charge is 2.21. The second kappa shape index (κ2) is 8.25. The fourth-order valence-electron chi connectivity index (χ4n) is 4.77. The van der Waals surface area contributed by atoms with E-state index in [2.05, 4.69) is 113 Å². The number of nitrogens with zero attached hydrogens (tertiary/aromatic N) is 3. The Morgan fingerprint density at radius 3 is 2.09 bits per heavy atom. The van der Waals surface area contributed by atoms with Crippen molar-refractivity contribution >= 4 is 38.7 Å². The second-order valence-electron chi connectivity index (χ2n) is 10.2. The minimum atomic E-state index is 0.00240. The van der Waals surface area contributed by atoms with Gasteiger partial charge in [-0.05, 0) is 61.0 Å². The Hall–Kier alpha value is -3.72. The van der Waals surface area contributed by atoms with E-state index in [1.807, 2.05) is 12.4 Å². The van der Waals surface area contributed by atoms with E-state index in [1.54, 1.807) is 0 Å². The monoisotopic (exact) mass is 445 g/mol. The standard InChI is InChI=1S/C31H31N3/c1-20-10-7-8-13-26(20)34(30-21(2)11-9-12-22(30)3)27-16-17-32-29-24(27)15-14-23-18-28(31(4,5)6)33-19-25(23)29/h7-19H,1-6H3. The number of para-hydroxylation sites is 2. The molecule has 0 aliphatic rings. The maximum Gasteiger partial charge on any atom is 0.0816 e. The van der Waals surface area contributed by atoms with Gasteiger partial charge in [-0.1, -0.05) is 69.3 Å². The average molecular weight is 446 g/mol. The largest absolute Gasteiger partial charge is 0.309 e. The van der Waals surface area contributed by atoms with E-state index in [1.165, 1.54) is 33.5 Å². The molecule has 0 saturated heterocycles. The lowest BCUT2D eigenvalue weighted by Crippen LogP contribution is -2.15. The van der Waals surface area contributed by atoms with E-state index < -0.39 is 0 Å². The summed E-state index contributed by atoms with van der Waals surface area (Å²) in [6.07, 6.45) is 3.92. The molecule has 0 bridgehead atoms. The van der Waals surface area contributed by atoms with Crippen LogP contribution in [0.1, 0.15) is 43.2 Å². The van der Waals surface area contributed by atoms with E-state index in [0.29, 0.717) is 0 Å². The van der Waals surface area contributed by atoms with Gasteiger partial charge in [-0.25, -0.2) is 0 Å². The first-order valence-electron chi connectivity index (χ1n) is 11.9. The van der Waals surface area contributed by atoms with Crippen LogP contribution in [0.5, 0.6) is 0 Å². The summed E-state index contributed by atoms with van der Waals surface area (Å²) in [6, 6.07) is 23.8. The SMILES string of the molecule is Cc1ccccc1N(c1c(C)cccc1C)c1ccnc2c1ccc1cc(C(C)(C)C)ncc12. The lowest BCUT2D eigenvalue weighted by atomic mass is 9.90. The highest BCUT2D eigenvalue weighted by Crippen LogP contribution is 2.43. The normalized spacial score (nSPS) is 11.8. The molecule has 170 valence electrons. The number of fused-ring (bicyclic) bond motifs is 3. The van der Waals surface area contributed by atoms with Crippen LogP contribution in [0, 0.1) is 20.8 Å². The van der Waals surface area contributed by atoms with Gasteiger partial charge in [-0.15, -0.1) is 0 Å². The Morgan fingerprint density at radius 1 is 0.676 bits per heavy atom. The van der Waals surface area contributed by atoms with Gasteiger partial charge >= 0.3 is 0 Å². The van der Waals surface area contributed by atoms with Gasteiger partial charge in [0.25, 0.3) is 0 Å². The molecule has 34 heavy (non-hydrogen) atoms. The molecule has 0 atom stereocenters. The highest BCUT2D eigenvalue weighted by molar-refractivity contribution is 6.10. The van der Waals surface area contributed by atoms with Crippen LogP contribution in [-0.2, 0) is 5.41 Å². The molecule has 0 unspecified atom stereocenters. The quantitative estimate of drug-likeness (QED) is 0.261. The zero-order valence-corrected chi connectivity index (χ0v) is 20.8. The summed E-state index contributed by atoms with van der Waals surface area (Å²) in [4.78, 5) is 12.0. The smallest absolute Gasteiger partial charge is 0.0816 e. The third-order valence-corrected chi connectivity index (χ3v) is 6.62. The molecular formula is C31H31N3. The number of pyridine rings is 2. The molecule has 0 aliphatic heterocycles. The highest BCUT2D eigenvalue weighted by atomic mass is 15.2. The van der Waals surface area contributed by atoms with Crippen molar-refractivity contribution in [3.8, 4) is 0 Å². The molecule has 0 spiro atoms. The van der Waals surface area contributed by atoms with Gasteiger partial charge in [0.15, 0.2) is 0 Å². The molecule has 0 N–H and O–H groups in total. The number of hydrogen-bond acceptors (Lipinski definition) is 3. The Kier molecular flexibility index (Phi) is 5.36. The van der Waals surface area contributed by atoms with Crippen LogP contribution in [0.2, 0.25) is 0 Å². The Morgan fingerprint density at radius 2 is 1.38 bits per heavy atom. The molecule has 0 aliphatic carbocycles. The minimum Gasteiger partial charge on any atom is -0.309 e. The Bertz CT molecular complexity index is 1510. The summed E-state index contributed by atoms with van der Waals surface area (Å²) >= 11 is 0. The molecule has 3 heteroatoms. The van der Waals surface area contributed by atoms with Crippen molar-refractivity contribution in [1.82, 2.24) is 9.97 Å². The molecule has 0 fully saturated rings. The molecule has 5 rings (SSSR count). The van der Waals surface area contributed by atoms with Gasteiger partial charge in [0.1, 0.15) is 0 Å². The Labute approximate surface area is 202 Å². The number of rotatable bonds is 3. The third-order valence-electron chi connectivity index (χ3n) is 6.62. The predicted molar refractivity (Wildman–Crippen MR) is 145 cm³/mol. The van der Waals surface area contributed by atoms with Gasteiger partial charge in [0.2, 0.25) is 0 Å². The average Bonchev–Trinajstić information content (AvgIpc) is 2.81. The van der Waals surface area contributed by atoms with E-state index in [0.717, 1.165) is 27.7 Å². The number of hydrogen-bond donors (Lipinski definition) is 0. The first-order chi connectivity index (χ1) is 16.3. The maximum atomic E-state index is 4.83. The van der Waals surface area contributed by atoms with Crippen LogP contribution in [0.25, 0.3) is 21.7 Å². The Balaban J connectivity index is 1.82. The van der Waals surface area contributed by atoms with E-state index in [4.69, 9.17) is 9.97 Å². The second-order valence-corrected chi connectivity index (χ2v) is 10.2. The molecule has 0 amide bonds. The number of benzene rings is 3. The third kappa shape index (κ3) is 3.71. The first kappa shape index (κ1) is 22.1. The zero-order chi connectivity index (χ0) is 24.0.